The third-order valence-electron chi connectivity index (χ3n) is 6.45. The van der Waals surface area contributed by atoms with E-state index >= 15 is 0 Å². The van der Waals surface area contributed by atoms with Crippen LogP contribution in [0.5, 0.6) is 5.75 Å². The van der Waals surface area contributed by atoms with Gasteiger partial charge in [-0.3, -0.25) is 0 Å². The molecular formula is C30H53O. The third kappa shape index (κ3) is 20.7. The second-order valence-corrected chi connectivity index (χ2v) is 9.51. The first-order chi connectivity index (χ1) is 15.4. The molecule has 0 aromatic heterocycles. The Morgan fingerprint density at radius 3 is 1.16 bits per heavy atom. The summed E-state index contributed by atoms with van der Waals surface area (Å²) in [6, 6.07) is 10.8. The largest absolute Gasteiger partial charge is 0.494 e. The fourth-order valence-corrected chi connectivity index (χ4v) is 4.37. The van der Waals surface area contributed by atoms with Crippen LogP contribution in [-0.4, -0.2) is 6.61 Å². The minimum absolute atomic E-state index is 0.850. The van der Waals surface area contributed by atoms with Gasteiger partial charge in [-0.2, -0.15) is 0 Å². The Labute approximate surface area is 195 Å². The first kappa shape index (κ1) is 28.1. The van der Waals surface area contributed by atoms with Crippen molar-refractivity contribution in [1.82, 2.24) is 0 Å². The second-order valence-electron chi connectivity index (χ2n) is 9.51. The van der Waals surface area contributed by atoms with Gasteiger partial charge in [-0.1, -0.05) is 154 Å². The molecule has 0 N–H and O–H groups in total. The van der Waals surface area contributed by atoms with Gasteiger partial charge in [0.1, 0.15) is 5.75 Å². The maximum Gasteiger partial charge on any atom is 0.119 e. The number of benzene rings is 1. The van der Waals surface area contributed by atoms with Crippen molar-refractivity contribution in [3.63, 3.8) is 0 Å². The number of hydrogen-bond donors (Lipinski definition) is 0. The van der Waals surface area contributed by atoms with E-state index in [2.05, 4.69) is 13.0 Å². The molecule has 0 aliphatic rings. The van der Waals surface area contributed by atoms with Crippen molar-refractivity contribution in [3.05, 3.63) is 30.3 Å². The molecule has 0 spiro atoms. The highest BCUT2D eigenvalue weighted by molar-refractivity contribution is 5.20. The SMILES string of the molecule is CCCCCCCCCCCCCCCCCCCCCCCCOc1cc[c]cc1. The van der Waals surface area contributed by atoms with E-state index in [1.165, 1.54) is 141 Å². The van der Waals surface area contributed by atoms with Gasteiger partial charge >= 0.3 is 0 Å². The predicted molar refractivity (Wildman–Crippen MR) is 138 cm³/mol. The molecule has 1 nitrogen and oxygen atoms in total. The van der Waals surface area contributed by atoms with Crippen molar-refractivity contribution in [2.75, 3.05) is 6.61 Å². The van der Waals surface area contributed by atoms with Crippen molar-refractivity contribution in [2.45, 2.75) is 148 Å². The summed E-state index contributed by atoms with van der Waals surface area (Å²) in [5.74, 6) is 0.974. The normalized spacial score (nSPS) is 11.1. The molecule has 179 valence electrons. The van der Waals surface area contributed by atoms with Crippen LogP contribution in [0.3, 0.4) is 0 Å². The lowest BCUT2D eigenvalue weighted by molar-refractivity contribution is 0.304. The second kappa shape index (κ2) is 23.7. The van der Waals surface area contributed by atoms with Crippen LogP contribution >= 0.6 is 0 Å². The molecule has 0 aliphatic heterocycles. The highest BCUT2D eigenvalue weighted by atomic mass is 16.5. The third-order valence-corrected chi connectivity index (χ3v) is 6.45. The smallest absolute Gasteiger partial charge is 0.119 e. The van der Waals surface area contributed by atoms with Crippen molar-refractivity contribution >= 4 is 0 Å². The molecule has 0 fully saturated rings. The summed E-state index contributed by atoms with van der Waals surface area (Å²) < 4.78 is 5.73. The van der Waals surface area contributed by atoms with Gasteiger partial charge in [-0.05, 0) is 24.6 Å². The summed E-state index contributed by atoms with van der Waals surface area (Å²) in [4.78, 5) is 0. The molecule has 0 saturated heterocycles. The van der Waals surface area contributed by atoms with Gasteiger partial charge in [-0.25, -0.2) is 0 Å². The summed E-state index contributed by atoms with van der Waals surface area (Å²) in [7, 11) is 0. The molecule has 0 amide bonds. The Bertz CT molecular complexity index is 441. The van der Waals surface area contributed by atoms with Crippen molar-refractivity contribution < 1.29 is 4.74 Å². The van der Waals surface area contributed by atoms with E-state index < -0.39 is 0 Å². The first-order valence-electron chi connectivity index (χ1n) is 14.0. The highest BCUT2D eigenvalue weighted by Crippen LogP contribution is 2.15. The molecule has 1 rings (SSSR count). The molecule has 1 aromatic carbocycles. The zero-order valence-electron chi connectivity index (χ0n) is 21.0. The Balaban J connectivity index is 1.65. The molecule has 0 saturated carbocycles. The van der Waals surface area contributed by atoms with Crippen LogP contribution in [0.2, 0.25) is 0 Å². The zero-order chi connectivity index (χ0) is 22.1. The minimum atomic E-state index is 0.850. The molecule has 31 heavy (non-hydrogen) atoms. The summed E-state index contributed by atoms with van der Waals surface area (Å²) >= 11 is 0. The number of unbranched alkanes of at least 4 members (excludes halogenated alkanes) is 21. The van der Waals surface area contributed by atoms with E-state index in [1.54, 1.807) is 0 Å². The molecule has 0 atom stereocenters. The van der Waals surface area contributed by atoms with E-state index in [0.29, 0.717) is 0 Å². The molecule has 1 heteroatoms. The van der Waals surface area contributed by atoms with Gasteiger partial charge in [-0.15, -0.1) is 0 Å². The molecule has 0 bridgehead atoms. The monoisotopic (exact) mass is 429 g/mol. The van der Waals surface area contributed by atoms with Crippen LogP contribution in [-0.2, 0) is 0 Å². The minimum Gasteiger partial charge on any atom is -0.494 e. The molecule has 1 aromatic rings. The van der Waals surface area contributed by atoms with E-state index in [-0.39, 0.29) is 0 Å². The molecule has 0 aliphatic carbocycles. The molecule has 0 heterocycles. The Morgan fingerprint density at radius 2 is 0.806 bits per heavy atom. The lowest BCUT2D eigenvalue weighted by atomic mass is 10.0. The van der Waals surface area contributed by atoms with Gasteiger partial charge in [0.05, 0.1) is 6.61 Å². The average Bonchev–Trinajstić information content (AvgIpc) is 2.80. The van der Waals surface area contributed by atoms with Crippen LogP contribution in [0.15, 0.2) is 24.3 Å². The summed E-state index contributed by atoms with van der Waals surface area (Å²) in [6.07, 6.45) is 31.5. The zero-order valence-corrected chi connectivity index (χ0v) is 21.0. The molecule has 1 radical (unpaired) electrons. The van der Waals surface area contributed by atoms with Gasteiger partial charge in [0.15, 0.2) is 0 Å². The van der Waals surface area contributed by atoms with E-state index in [0.717, 1.165) is 12.4 Å². The number of rotatable bonds is 24. The van der Waals surface area contributed by atoms with Crippen molar-refractivity contribution in [3.8, 4) is 5.75 Å². The fraction of sp³-hybridized carbons (Fsp3) is 0.800. The topological polar surface area (TPSA) is 9.23 Å². The van der Waals surface area contributed by atoms with E-state index in [1.807, 2.05) is 24.3 Å². The lowest BCUT2D eigenvalue weighted by Crippen LogP contribution is -1.96. The van der Waals surface area contributed by atoms with Crippen LogP contribution in [0.25, 0.3) is 0 Å². The predicted octanol–water partition coefficient (Wildman–Crippen LogP) is 10.5. The highest BCUT2D eigenvalue weighted by Gasteiger charge is 1.96. The first-order valence-corrected chi connectivity index (χ1v) is 14.0. The summed E-state index contributed by atoms with van der Waals surface area (Å²) in [6.45, 7) is 3.15. The van der Waals surface area contributed by atoms with Crippen molar-refractivity contribution in [2.24, 2.45) is 0 Å². The van der Waals surface area contributed by atoms with Crippen molar-refractivity contribution in [1.29, 1.82) is 0 Å². The van der Waals surface area contributed by atoms with Crippen LogP contribution in [0.1, 0.15) is 148 Å². The van der Waals surface area contributed by atoms with Gasteiger partial charge in [0.25, 0.3) is 0 Å². The van der Waals surface area contributed by atoms with Gasteiger partial charge < -0.3 is 4.74 Å². The Hall–Kier alpha value is -0.980. The van der Waals surface area contributed by atoms with Gasteiger partial charge in [0.2, 0.25) is 0 Å². The molecular weight excluding hydrogens is 376 g/mol. The van der Waals surface area contributed by atoms with E-state index in [4.69, 9.17) is 4.74 Å². The lowest BCUT2D eigenvalue weighted by Gasteiger charge is -2.06. The quantitative estimate of drug-likeness (QED) is 0.148. The summed E-state index contributed by atoms with van der Waals surface area (Å²) in [5, 5.41) is 0. The maximum absolute atomic E-state index is 5.73. The van der Waals surface area contributed by atoms with Crippen LogP contribution in [0, 0.1) is 6.07 Å². The van der Waals surface area contributed by atoms with Crippen LogP contribution in [0.4, 0.5) is 0 Å². The fourth-order valence-electron chi connectivity index (χ4n) is 4.37. The Kier molecular flexibility index (Phi) is 21.4. The standard InChI is InChI=1S/C30H53O/c1-2-3-4-5-6-7-8-9-10-11-12-13-14-15-16-17-18-19-20-21-22-26-29-31-30-27-24-23-25-28-30/h24-25,27-28H,2-22,26,29H2,1H3. The maximum atomic E-state index is 5.73. The number of hydrogen-bond acceptors (Lipinski definition) is 1. The number of ether oxygens (including phenoxy) is 1. The van der Waals surface area contributed by atoms with Crippen LogP contribution < -0.4 is 4.74 Å². The van der Waals surface area contributed by atoms with Gasteiger partial charge in [0, 0.05) is 0 Å². The summed E-state index contributed by atoms with van der Waals surface area (Å²) in [5.41, 5.74) is 0. The Morgan fingerprint density at radius 1 is 0.484 bits per heavy atom. The van der Waals surface area contributed by atoms with E-state index in [9.17, 15) is 0 Å². The average molecular weight is 430 g/mol. The molecule has 0 unspecified atom stereocenters.